The molecule has 0 unspecified atom stereocenters. The summed E-state index contributed by atoms with van der Waals surface area (Å²) in [6, 6.07) is 27.4. The van der Waals surface area contributed by atoms with Crippen LogP contribution >= 0.6 is 11.3 Å². The predicted molar refractivity (Wildman–Crippen MR) is 159 cm³/mol. The van der Waals surface area contributed by atoms with Crippen molar-refractivity contribution in [3.8, 4) is 11.3 Å². The minimum Gasteiger partial charge on any atom is -0.0616 e. The van der Waals surface area contributed by atoms with Gasteiger partial charge in [0, 0.05) is 0 Å². The summed E-state index contributed by atoms with van der Waals surface area (Å²) in [5.41, 5.74) is 3.72. The van der Waals surface area contributed by atoms with Crippen LogP contribution in [0.3, 0.4) is 0 Å². The monoisotopic (exact) mass is 535 g/mol. The minimum absolute atomic E-state index is 0.0507. The molecule has 0 aliphatic heterocycles. The number of fused-ring (bicyclic) bond motifs is 6. The van der Waals surface area contributed by atoms with E-state index in [-0.39, 0.29) is 5.41 Å². The van der Waals surface area contributed by atoms with Gasteiger partial charge in [-0.2, -0.15) is 0 Å². The Hall–Kier alpha value is -2.69. The molecule has 0 atom stereocenters. The van der Waals surface area contributed by atoms with Gasteiger partial charge in [0.1, 0.15) is 0 Å². The molecule has 3 heteroatoms. The van der Waals surface area contributed by atoms with Gasteiger partial charge in [-0.3, -0.25) is 0 Å². The molecule has 4 aromatic carbocycles. The smallest absolute Gasteiger partial charge is 0.0616 e. The zero-order valence-corrected chi connectivity index (χ0v) is 24.3. The second kappa shape index (κ2) is 7.91. The zero-order chi connectivity index (χ0) is 24.5. The van der Waals surface area contributed by atoms with Crippen molar-refractivity contribution in [3.63, 3.8) is 0 Å². The van der Waals surface area contributed by atoms with E-state index >= 15 is 0 Å². The first-order chi connectivity index (χ1) is 16.6. The third-order valence-corrected chi connectivity index (χ3v) is 12.7. The van der Waals surface area contributed by atoms with Crippen LogP contribution in [-0.4, -0.2) is 18.3 Å². The summed E-state index contributed by atoms with van der Waals surface area (Å²) in [6.45, 7) is 6.90. The van der Waals surface area contributed by atoms with Crippen molar-refractivity contribution in [2.45, 2.75) is 43.5 Å². The molecule has 0 N–H and O–H groups in total. The van der Waals surface area contributed by atoms with Gasteiger partial charge < -0.3 is 0 Å². The Morgan fingerprint density at radius 1 is 0.686 bits per heavy atom. The van der Waals surface area contributed by atoms with Crippen LogP contribution < -0.4 is 4.40 Å². The fraction of sp³-hybridized carbons (Fsp3) is 0.219. The van der Waals surface area contributed by atoms with E-state index in [0.29, 0.717) is 0 Å². The summed E-state index contributed by atoms with van der Waals surface area (Å²) < 4.78 is 4.21. The van der Waals surface area contributed by atoms with Crippen molar-refractivity contribution >= 4 is 70.7 Å². The first kappa shape index (κ1) is 22.8. The van der Waals surface area contributed by atoms with Crippen LogP contribution in [0.1, 0.15) is 26.3 Å². The third kappa shape index (κ3) is 3.78. The van der Waals surface area contributed by atoms with E-state index in [1.807, 2.05) is 17.5 Å². The molecule has 0 bridgehead atoms. The van der Waals surface area contributed by atoms with Gasteiger partial charge in [0.2, 0.25) is 0 Å². The SMILES string of the molecule is CC(C)(C)c1cc(-c2nccc3c2sc2c4cc[c]([Ge]([CH3])([CH3])[CH3])cc4ccc32)cc2ccccc12. The van der Waals surface area contributed by atoms with Gasteiger partial charge in [0.25, 0.3) is 0 Å². The standard InChI is InChI=1S/C32H31GeNS/c1-32(2,3)28-19-22(17-20-9-7-8-10-24(20)28)29-31-27(15-16-34-29)26-13-11-21-18-23(33(4,5)6)12-14-25(21)30(26)35-31/h7-19H,1-6H3. The van der Waals surface area contributed by atoms with Crippen LogP contribution in [0.25, 0.3) is 53.0 Å². The minimum atomic E-state index is -1.88. The molecule has 0 saturated carbocycles. The van der Waals surface area contributed by atoms with Crippen molar-refractivity contribution in [2.75, 3.05) is 0 Å². The van der Waals surface area contributed by atoms with E-state index in [9.17, 15) is 0 Å². The number of nitrogens with zero attached hydrogens (tertiary/aromatic N) is 1. The Morgan fingerprint density at radius 2 is 1.40 bits per heavy atom. The van der Waals surface area contributed by atoms with Crippen LogP contribution in [0.2, 0.25) is 17.3 Å². The number of thiophene rings is 1. The molecular weight excluding hydrogens is 503 g/mol. The van der Waals surface area contributed by atoms with Gasteiger partial charge in [0.05, 0.1) is 0 Å². The first-order valence-electron chi connectivity index (χ1n) is 12.4. The molecular formula is C32H31GeNS. The van der Waals surface area contributed by atoms with E-state index in [1.165, 1.54) is 52.8 Å². The molecule has 6 aromatic rings. The van der Waals surface area contributed by atoms with Gasteiger partial charge in [-0.1, -0.05) is 39.0 Å². The Balaban J connectivity index is 1.64. The number of hydrogen-bond acceptors (Lipinski definition) is 2. The number of aromatic nitrogens is 1. The fourth-order valence-electron chi connectivity index (χ4n) is 5.23. The molecule has 6 rings (SSSR count). The van der Waals surface area contributed by atoms with Crippen LogP contribution in [0, 0.1) is 0 Å². The van der Waals surface area contributed by atoms with E-state index in [2.05, 4.69) is 111 Å². The topological polar surface area (TPSA) is 12.9 Å². The Bertz CT molecular complexity index is 1760. The fourth-order valence-corrected chi connectivity index (χ4v) is 9.03. The van der Waals surface area contributed by atoms with Crippen LogP contribution in [-0.2, 0) is 5.41 Å². The van der Waals surface area contributed by atoms with Gasteiger partial charge in [-0.15, -0.1) is 0 Å². The molecule has 1 nitrogen and oxygen atoms in total. The van der Waals surface area contributed by atoms with Gasteiger partial charge in [-0.05, 0) is 0 Å². The van der Waals surface area contributed by atoms with Crippen LogP contribution in [0.4, 0.5) is 0 Å². The van der Waals surface area contributed by atoms with E-state index in [0.717, 1.165) is 5.69 Å². The number of benzene rings is 4. The Kier molecular flexibility index (Phi) is 5.14. The van der Waals surface area contributed by atoms with Crippen LogP contribution in [0.15, 0.2) is 79.0 Å². The van der Waals surface area contributed by atoms with Crippen LogP contribution in [0.5, 0.6) is 0 Å². The van der Waals surface area contributed by atoms with E-state index in [4.69, 9.17) is 4.98 Å². The molecule has 0 amide bonds. The quantitative estimate of drug-likeness (QED) is 0.202. The molecule has 0 saturated heterocycles. The number of rotatable bonds is 2. The maximum atomic E-state index is 4.95. The second-order valence-corrected chi connectivity index (χ2v) is 23.4. The van der Waals surface area contributed by atoms with Crippen molar-refractivity contribution in [3.05, 3.63) is 84.6 Å². The van der Waals surface area contributed by atoms with Gasteiger partial charge in [0.15, 0.2) is 0 Å². The molecule has 0 fully saturated rings. The summed E-state index contributed by atoms with van der Waals surface area (Å²) >= 11 is 0.0219. The summed E-state index contributed by atoms with van der Waals surface area (Å²) in [7, 11) is 0. The summed E-state index contributed by atoms with van der Waals surface area (Å²) in [4.78, 5) is 4.95. The Labute approximate surface area is 214 Å². The summed E-state index contributed by atoms with van der Waals surface area (Å²) in [5.74, 6) is 7.39. The maximum absolute atomic E-state index is 4.95. The molecule has 35 heavy (non-hydrogen) atoms. The summed E-state index contributed by atoms with van der Waals surface area (Å²) in [6.07, 6.45) is 1.98. The second-order valence-electron chi connectivity index (χ2n) is 11.8. The average Bonchev–Trinajstić information content (AvgIpc) is 3.21. The molecule has 2 aromatic heterocycles. The van der Waals surface area contributed by atoms with Crippen molar-refractivity contribution < 1.29 is 0 Å². The van der Waals surface area contributed by atoms with Crippen molar-refractivity contribution in [2.24, 2.45) is 0 Å². The molecule has 0 radical (unpaired) electrons. The normalized spacial score (nSPS) is 12.9. The molecule has 0 spiro atoms. The van der Waals surface area contributed by atoms with E-state index in [1.54, 1.807) is 4.40 Å². The first-order valence-corrected chi connectivity index (χ1v) is 20.6. The summed E-state index contributed by atoms with van der Waals surface area (Å²) in [5, 5.41) is 7.97. The average molecular weight is 534 g/mol. The molecule has 0 aliphatic carbocycles. The molecule has 0 aliphatic rings. The van der Waals surface area contributed by atoms with Gasteiger partial charge in [-0.25, -0.2) is 0 Å². The molecule has 174 valence electrons. The predicted octanol–water partition coefficient (Wildman–Crippen LogP) is 9.27. The van der Waals surface area contributed by atoms with Gasteiger partial charge >= 0.3 is 176 Å². The zero-order valence-electron chi connectivity index (χ0n) is 21.4. The number of hydrogen-bond donors (Lipinski definition) is 0. The van der Waals surface area contributed by atoms with Crippen molar-refractivity contribution in [1.29, 1.82) is 0 Å². The third-order valence-electron chi connectivity index (χ3n) is 7.18. The van der Waals surface area contributed by atoms with E-state index < -0.39 is 13.3 Å². The molecule has 2 heterocycles. The van der Waals surface area contributed by atoms with Crippen molar-refractivity contribution in [1.82, 2.24) is 4.98 Å². The number of pyridine rings is 1. The Morgan fingerprint density at radius 3 is 2.17 bits per heavy atom.